The van der Waals surface area contributed by atoms with Crippen molar-refractivity contribution in [1.82, 2.24) is 19.8 Å². The minimum atomic E-state index is -0.346. The van der Waals surface area contributed by atoms with Crippen molar-refractivity contribution in [3.8, 4) is 17.0 Å². The zero-order valence-electron chi connectivity index (χ0n) is 21.9. The Morgan fingerprint density at radius 2 is 1.94 bits per heavy atom. The number of halogens is 1. The Kier molecular flexibility index (Phi) is 8.41. The van der Waals surface area contributed by atoms with Gasteiger partial charge in [0.2, 0.25) is 5.88 Å². The van der Waals surface area contributed by atoms with Gasteiger partial charge < -0.3 is 19.3 Å². The van der Waals surface area contributed by atoms with Gasteiger partial charge in [0.1, 0.15) is 11.6 Å². The molecule has 4 heterocycles. The minimum absolute atomic E-state index is 0.346. The third-order valence-electron chi connectivity index (χ3n) is 7.57. The molecule has 1 spiro atoms. The van der Waals surface area contributed by atoms with Gasteiger partial charge in [-0.05, 0) is 63.8 Å². The number of carbonyl (C=O) groups excluding carboxylic acids is 1. The molecular weight excluding hydrogens is 461 g/mol. The second-order valence-corrected chi connectivity index (χ2v) is 10.2. The van der Waals surface area contributed by atoms with E-state index in [9.17, 15) is 9.18 Å². The maximum Gasteiger partial charge on any atom is 0.293 e. The molecule has 36 heavy (non-hydrogen) atoms. The number of carbonyl (C=O) groups is 1. The molecule has 1 unspecified atom stereocenters. The first-order chi connectivity index (χ1) is 17.4. The molecule has 2 saturated heterocycles. The maximum atomic E-state index is 14.2. The number of hydrogen-bond acceptors (Lipinski definition) is 8. The summed E-state index contributed by atoms with van der Waals surface area (Å²) in [6.07, 6.45) is 5.34. The van der Waals surface area contributed by atoms with Crippen molar-refractivity contribution in [3.63, 3.8) is 0 Å². The summed E-state index contributed by atoms with van der Waals surface area (Å²) in [5.74, 6) is 0.976. The lowest BCUT2D eigenvalue weighted by Gasteiger charge is -2.47. The van der Waals surface area contributed by atoms with Crippen molar-refractivity contribution in [2.45, 2.75) is 39.2 Å². The summed E-state index contributed by atoms with van der Waals surface area (Å²) in [6, 6.07) is 6.14. The molecule has 0 N–H and O–H groups in total. The fourth-order valence-corrected chi connectivity index (χ4v) is 6.02. The minimum Gasteiger partial charge on any atom is -0.481 e. The van der Waals surface area contributed by atoms with E-state index in [0.717, 1.165) is 48.8 Å². The Morgan fingerprint density at radius 1 is 1.19 bits per heavy atom. The first kappa shape index (κ1) is 26.3. The highest BCUT2D eigenvalue weighted by atomic mass is 19.1. The number of pyridine rings is 2. The third kappa shape index (κ3) is 5.78. The molecule has 3 fully saturated rings. The molecule has 1 aliphatic carbocycles. The molecule has 3 aliphatic rings. The van der Waals surface area contributed by atoms with Crippen molar-refractivity contribution < 1.29 is 18.7 Å². The van der Waals surface area contributed by atoms with Crippen molar-refractivity contribution in [3.05, 3.63) is 35.9 Å². The predicted octanol–water partition coefficient (Wildman–Crippen LogP) is 3.39. The average molecular weight is 500 g/mol. The fourth-order valence-electron chi connectivity index (χ4n) is 6.02. The van der Waals surface area contributed by atoms with Crippen LogP contribution < -0.4 is 9.64 Å². The monoisotopic (exact) mass is 499 g/mol. The summed E-state index contributed by atoms with van der Waals surface area (Å²) < 4.78 is 23.8. The molecule has 0 aromatic carbocycles. The van der Waals surface area contributed by atoms with Crippen molar-refractivity contribution >= 4 is 12.3 Å². The Labute approximate surface area is 213 Å². The topological polar surface area (TPSA) is 71.0 Å². The molecule has 2 aromatic heterocycles. The molecule has 1 saturated carbocycles. The fraction of sp³-hybridized carbons (Fsp3) is 0.593. The van der Waals surface area contributed by atoms with Gasteiger partial charge in [0, 0.05) is 62.1 Å². The normalized spacial score (nSPS) is 21.5. The number of nitrogens with zero attached hydrogens (tertiary/aromatic N) is 5. The van der Waals surface area contributed by atoms with E-state index in [-0.39, 0.29) is 5.82 Å². The van der Waals surface area contributed by atoms with E-state index in [1.165, 1.54) is 38.5 Å². The SMILES string of the molecule is CCOC=O.COc1nc(C)ccc1-c1cc(F)cnc1N1CCN(C2CCC3(C2)CN(C)C3)CC1. The third-order valence-corrected chi connectivity index (χ3v) is 7.57. The number of anilines is 1. The van der Waals surface area contributed by atoms with Crippen LogP contribution in [-0.2, 0) is 9.53 Å². The van der Waals surface area contributed by atoms with Crippen molar-refractivity contribution in [1.29, 1.82) is 0 Å². The number of aryl methyl sites for hydroxylation is 1. The van der Waals surface area contributed by atoms with Gasteiger partial charge in [0.25, 0.3) is 6.47 Å². The van der Waals surface area contributed by atoms with Crippen LogP contribution in [0, 0.1) is 18.2 Å². The molecule has 9 heteroatoms. The Hall–Kier alpha value is -2.78. The number of likely N-dealkylation sites (tertiary alicyclic amines) is 1. The molecule has 0 amide bonds. The highest BCUT2D eigenvalue weighted by molar-refractivity contribution is 5.79. The van der Waals surface area contributed by atoms with Crippen molar-refractivity contribution in [2.75, 3.05) is 64.9 Å². The zero-order valence-corrected chi connectivity index (χ0v) is 21.9. The summed E-state index contributed by atoms with van der Waals surface area (Å²) in [5.41, 5.74) is 2.98. The van der Waals surface area contributed by atoms with Gasteiger partial charge in [0.05, 0.1) is 19.9 Å². The summed E-state index contributed by atoms with van der Waals surface area (Å²) >= 11 is 0. The maximum absolute atomic E-state index is 14.2. The Balaban J connectivity index is 0.000000556. The number of piperazine rings is 1. The molecule has 2 aromatic rings. The molecular formula is C27H38FN5O3. The smallest absolute Gasteiger partial charge is 0.293 e. The highest BCUT2D eigenvalue weighted by Crippen LogP contribution is 2.46. The van der Waals surface area contributed by atoms with Crippen LogP contribution in [0.2, 0.25) is 0 Å². The van der Waals surface area contributed by atoms with Gasteiger partial charge >= 0.3 is 0 Å². The molecule has 2 aliphatic heterocycles. The van der Waals surface area contributed by atoms with Crippen LogP contribution in [0.5, 0.6) is 5.88 Å². The number of methoxy groups -OCH3 is 1. The number of aromatic nitrogens is 2. The van der Waals surface area contributed by atoms with Gasteiger partial charge in [-0.15, -0.1) is 0 Å². The zero-order chi connectivity index (χ0) is 25.7. The second kappa shape index (κ2) is 11.5. The Morgan fingerprint density at radius 3 is 2.56 bits per heavy atom. The van der Waals surface area contributed by atoms with Crippen LogP contribution >= 0.6 is 0 Å². The first-order valence-corrected chi connectivity index (χ1v) is 12.8. The van der Waals surface area contributed by atoms with E-state index in [0.29, 0.717) is 30.4 Å². The van der Waals surface area contributed by atoms with Crippen LogP contribution in [0.25, 0.3) is 11.1 Å². The van der Waals surface area contributed by atoms with Crippen LogP contribution in [0.1, 0.15) is 31.9 Å². The van der Waals surface area contributed by atoms with Gasteiger partial charge in [-0.3, -0.25) is 9.69 Å². The second-order valence-electron chi connectivity index (χ2n) is 10.2. The number of rotatable bonds is 6. The van der Waals surface area contributed by atoms with Crippen molar-refractivity contribution in [2.24, 2.45) is 5.41 Å². The number of ether oxygens (including phenoxy) is 2. The summed E-state index contributed by atoms with van der Waals surface area (Å²) in [5, 5.41) is 0. The van der Waals surface area contributed by atoms with Gasteiger partial charge in [-0.2, -0.15) is 0 Å². The predicted molar refractivity (Wildman–Crippen MR) is 138 cm³/mol. The van der Waals surface area contributed by atoms with E-state index in [1.807, 2.05) is 19.1 Å². The van der Waals surface area contributed by atoms with E-state index in [4.69, 9.17) is 4.74 Å². The van der Waals surface area contributed by atoms with E-state index in [2.05, 4.69) is 36.5 Å². The first-order valence-electron chi connectivity index (χ1n) is 12.8. The van der Waals surface area contributed by atoms with Crippen LogP contribution in [-0.4, -0.2) is 92.3 Å². The van der Waals surface area contributed by atoms with Crippen LogP contribution in [0.15, 0.2) is 24.4 Å². The lowest BCUT2D eigenvalue weighted by molar-refractivity contribution is -0.128. The highest BCUT2D eigenvalue weighted by Gasteiger charge is 2.48. The quantitative estimate of drug-likeness (QED) is 0.561. The van der Waals surface area contributed by atoms with E-state index < -0.39 is 0 Å². The van der Waals surface area contributed by atoms with Gasteiger partial charge in [-0.25, -0.2) is 14.4 Å². The summed E-state index contributed by atoms with van der Waals surface area (Å²) in [6.45, 7) is 11.0. The van der Waals surface area contributed by atoms with Gasteiger partial charge in [0.15, 0.2) is 0 Å². The van der Waals surface area contributed by atoms with Crippen LogP contribution in [0.3, 0.4) is 0 Å². The van der Waals surface area contributed by atoms with Gasteiger partial charge in [-0.1, -0.05) is 0 Å². The van der Waals surface area contributed by atoms with E-state index in [1.54, 1.807) is 20.1 Å². The summed E-state index contributed by atoms with van der Waals surface area (Å²) in [4.78, 5) is 25.5. The largest absolute Gasteiger partial charge is 0.481 e. The standard InChI is InChI=1S/C24H32FN5O.C3H6O2/c1-17-4-5-20(23(27-17)31-3)21-12-18(25)14-26-22(21)30-10-8-29(9-11-30)19-6-7-24(13-19)15-28(2)16-24;1-2-5-3-4/h4-5,12,14,19H,6-11,13,15-16H2,1-3H3;3H,2H2,1H3. The number of hydrogen-bond donors (Lipinski definition) is 0. The average Bonchev–Trinajstić information content (AvgIpc) is 3.30. The van der Waals surface area contributed by atoms with E-state index >= 15 is 0 Å². The molecule has 0 radical (unpaired) electrons. The Bertz CT molecular complexity index is 1040. The molecule has 0 bridgehead atoms. The lowest BCUT2D eigenvalue weighted by Crippen LogP contribution is -2.54. The van der Waals surface area contributed by atoms with Crippen LogP contribution in [0.4, 0.5) is 10.2 Å². The molecule has 196 valence electrons. The molecule has 8 nitrogen and oxygen atoms in total. The lowest BCUT2D eigenvalue weighted by atomic mass is 9.78. The summed E-state index contributed by atoms with van der Waals surface area (Å²) in [7, 11) is 3.83. The molecule has 5 rings (SSSR count). The molecule has 1 atom stereocenters.